The average Bonchev–Trinajstić information content (AvgIpc) is 2.36. The second kappa shape index (κ2) is 4.07. The second-order valence-electron chi connectivity index (χ2n) is 6.90. The number of anilines is 1. The summed E-state index contributed by atoms with van der Waals surface area (Å²) >= 11 is 6.01. The lowest BCUT2D eigenvalue weighted by Crippen LogP contribution is -2.74. The Kier molecular flexibility index (Phi) is 2.57. The fraction of sp³-hybridized carbons (Fsp3) is 0.500. The first-order chi connectivity index (χ1) is 9.88. The summed E-state index contributed by atoms with van der Waals surface area (Å²) in [6, 6.07) is 5.46. The van der Waals surface area contributed by atoms with Crippen LogP contribution in [-0.2, 0) is 4.79 Å². The highest BCUT2D eigenvalue weighted by molar-refractivity contribution is 6.31. The van der Waals surface area contributed by atoms with E-state index in [2.05, 4.69) is 12.2 Å². The van der Waals surface area contributed by atoms with Gasteiger partial charge in [-0.05, 0) is 49.8 Å². The van der Waals surface area contributed by atoms with Gasteiger partial charge >= 0.3 is 0 Å². The summed E-state index contributed by atoms with van der Waals surface area (Å²) in [5.41, 5.74) is 1.16. The fourth-order valence-electron chi connectivity index (χ4n) is 4.04. The molecule has 0 spiro atoms. The number of benzene rings is 1. The summed E-state index contributed by atoms with van der Waals surface area (Å²) in [4.78, 5) is 14.5. The van der Waals surface area contributed by atoms with Crippen LogP contribution in [0.5, 0.6) is 5.75 Å². The van der Waals surface area contributed by atoms with Crippen molar-refractivity contribution >= 4 is 23.2 Å². The van der Waals surface area contributed by atoms with E-state index in [1.165, 1.54) is 0 Å². The molecule has 1 heterocycles. The molecule has 1 radical (unpaired) electrons. The van der Waals surface area contributed by atoms with Gasteiger partial charge in [0.15, 0.2) is 6.10 Å². The number of halogens is 1. The van der Waals surface area contributed by atoms with Crippen molar-refractivity contribution in [3.63, 3.8) is 0 Å². The molecule has 1 amide bonds. The zero-order valence-corrected chi connectivity index (χ0v) is 12.7. The van der Waals surface area contributed by atoms with Crippen molar-refractivity contribution in [2.45, 2.75) is 30.9 Å². The van der Waals surface area contributed by atoms with Gasteiger partial charge in [-0.2, -0.15) is 0 Å². The number of fused-ring (bicyclic) bond motifs is 1. The van der Waals surface area contributed by atoms with Gasteiger partial charge in [0.05, 0.1) is 12.2 Å². The number of ether oxygens (including phenoxy) is 1. The highest BCUT2D eigenvalue weighted by Gasteiger charge is 2.66. The molecule has 1 atom stereocenters. The number of rotatable bonds is 2. The van der Waals surface area contributed by atoms with Crippen LogP contribution in [0.2, 0.25) is 5.02 Å². The third-order valence-corrected chi connectivity index (χ3v) is 5.10. The third kappa shape index (κ3) is 2.00. The highest BCUT2D eigenvalue weighted by Crippen LogP contribution is 2.66. The van der Waals surface area contributed by atoms with Gasteiger partial charge < -0.3 is 15.0 Å². The normalized spacial score (nSPS) is 36.0. The predicted octanol–water partition coefficient (Wildman–Crippen LogP) is 2.41. The van der Waals surface area contributed by atoms with Crippen LogP contribution < -0.4 is 15.0 Å². The number of nitrogens with one attached hydrogen (secondary N) is 1. The molecule has 3 saturated carbocycles. The highest BCUT2D eigenvalue weighted by atomic mass is 35.5. The van der Waals surface area contributed by atoms with Crippen molar-refractivity contribution in [3.05, 3.63) is 30.1 Å². The summed E-state index contributed by atoms with van der Waals surface area (Å²) in [6.45, 7) is 4.69. The molecule has 1 aliphatic heterocycles. The monoisotopic (exact) mass is 305 g/mol. The Bertz CT molecular complexity index is 611. The number of hydrogen-bond acceptors (Lipinski definition) is 3. The molecule has 3 aliphatic carbocycles. The van der Waals surface area contributed by atoms with Crippen molar-refractivity contribution in [1.29, 1.82) is 0 Å². The molecule has 1 aromatic rings. The van der Waals surface area contributed by atoms with Crippen LogP contribution in [-0.4, -0.2) is 31.1 Å². The Labute approximate surface area is 129 Å². The molecule has 1 N–H and O–H groups in total. The van der Waals surface area contributed by atoms with Crippen molar-refractivity contribution in [3.8, 4) is 5.75 Å². The van der Waals surface area contributed by atoms with Crippen LogP contribution >= 0.6 is 11.6 Å². The molecule has 3 fully saturated rings. The van der Waals surface area contributed by atoms with Gasteiger partial charge in [0, 0.05) is 17.6 Å². The molecule has 0 aromatic heterocycles. The lowest BCUT2D eigenvalue weighted by molar-refractivity contribution is -0.152. The first-order valence-electron chi connectivity index (χ1n) is 7.23. The van der Waals surface area contributed by atoms with Gasteiger partial charge in [0.25, 0.3) is 5.91 Å². The van der Waals surface area contributed by atoms with E-state index in [4.69, 9.17) is 16.3 Å². The van der Waals surface area contributed by atoms with Gasteiger partial charge in [0.2, 0.25) is 0 Å². The Morgan fingerprint density at radius 1 is 1.48 bits per heavy atom. The summed E-state index contributed by atoms with van der Waals surface area (Å²) in [6.07, 6.45) is 2.53. The SMILES string of the molecule is [CH2]C12CC(NC(=O)C3CN(C)c4cc(Cl)ccc4O3)(C1)C2. The zero-order valence-electron chi connectivity index (χ0n) is 12.0. The Balaban J connectivity index is 1.47. The molecular formula is C16H18ClN2O2. The van der Waals surface area contributed by atoms with Crippen LogP contribution in [0, 0.1) is 12.3 Å². The van der Waals surface area contributed by atoms with E-state index in [-0.39, 0.29) is 16.9 Å². The van der Waals surface area contributed by atoms with Crippen LogP contribution in [0.1, 0.15) is 19.3 Å². The zero-order chi connectivity index (χ0) is 14.8. The minimum absolute atomic E-state index is 0.00103. The van der Waals surface area contributed by atoms with Crippen LogP contribution in [0.4, 0.5) is 5.69 Å². The number of carbonyl (C=O) groups is 1. The predicted molar refractivity (Wildman–Crippen MR) is 81.7 cm³/mol. The van der Waals surface area contributed by atoms with Crippen LogP contribution in [0.25, 0.3) is 0 Å². The van der Waals surface area contributed by atoms with Gasteiger partial charge in [-0.1, -0.05) is 11.6 Å². The maximum absolute atomic E-state index is 12.4. The molecular weight excluding hydrogens is 288 g/mol. The number of carbonyl (C=O) groups excluding carboxylic acids is 1. The first kappa shape index (κ1) is 13.3. The minimum Gasteiger partial charge on any atom is -0.477 e. The van der Waals surface area contributed by atoms with Crippen molar-refractivity contribution in [2.24, 2.45) is 5.41 Å². The van der Waals surface area contributed by atoms with E-state index >= 15 is 0 Å². The smallest absolute Gasteiger partial charge is 0.263 e. The second-order valence-corrected chi connectivity index (χ2v) is 7.34. The standard InChI is InChI=1S/C16H18ClN2O2/c1-15-7-16(8-15,9-15)18-14(20)13-6-19(2)11-5-10(17)3-4-12(11)21-13/h3-5,13H,1,6-9H2,2H3,(H,18,20). The molecule has 1 unspecified atom stereocenters. The Hall–Kier alpha value is -1.42. The summed E-state index contributed by atoms with van der Waals surface area (Å²) in [5.74, 6) is 0.684. The topological polar surface area (TPSA) is 41.6 Å². The number of hydrogen-bond donors (Lipinski definition) is 1. The molecule has 5 rings (SSSR count). The molecule has 0 saturated heterocycles. The Morgan fingerprint density at radius 3 is 2.86 bits per heavy atom. The van der Waals surface area contributed by atoms with E-state index in [9.17, 15) is 4.79 Å². The third-order valence-electron chi connectivity index (χ3n) is 4.86. The van der Waals surface area contributed by atoms with Crippen LogP contribution in [0.15, 0.2) is 18.2 Å². The molecule has 5 heteroatoms. The van der Waals surface area contributed by atoms with E-state index in [1.807, 2.05) is 24.1 Å². The van der Waals surface area contributed by atoms with Gasteiger partial charge in [-0.15, -0.1) is 0 Å². The summed E-state index contributed by atoms with van der Waals surface area (Å²) < 4.78 is 5.85. The fourth-order valence-corrected chi connectivity index (χ4v) is 4.20. The quantitative estimate of drug-likeness (QED) is 0.912. The van der Waals surface area contributed by atoms with E-state index in [1.54, 1.807) is 6.07 Å². The number of nitrogens with zero attached hydrogens (tertiary/aromatic N) is 1. The van der Waals surface area contributed by atoms with Crippen LogP contribution in [0.3, 0.4) is 0 Å². The molecule has 1 aromatic carbocycles. The average molecular weight is 306 g/mol. The first-order valence-corrected chi connectivity index (χ1v) is 7.61. The minimum atomic E-state index is -0.474. The molecule has 21 heavy (non-hydrogen) atoms. The Morgan fingerprint density at radius 2 is 2.19 bits per heavy atom. The molecule has 2 bridgehead atoms. The van der Waals surface area contributed by atoms with E-state index in [0.717, 1.165) is 24.9 Å². The van der Waals surface area contributed by atoms with E-state index < -0.39 is 6.10 Å². The van der Waals surface area contributed by atoms with Crippen molar-refractivity contribution < 1.29 is 9.53 Å². The van der Waals surface area contributed by atoms with Gasteiger partial charge in [-0.25, -0.2) is 0 Å². The largest absolute Gasteiger partial charge is 0.477 e. The van der Waals surface area contributed by atoms with Gasteiger partial charge in [0.1, 0.15) is 5.75 Å². The number of amides is 1. The number of likely N-dealkylation sites (N-methyl/N-ethyl adjacent to an activating group) is 1. The lowest BCUT2D eigenvalue weighted by Gasteiger charge is -2.69. The molecule has 4 nitrogen and oxygen atoms in total. The molecule has 111 valence electrons. The van der Waals surface area contributed by atoms with Gasteiger partial charge in [-0.3, -0.25) is 4.79 Å². The lowest BCUT2D eigenvalue weighted by atomic mass is 9.40. The van der Waals surface area contributed by atoms with Crippen molar-refractivity contribution in [2.75, 3.05) is 18.5 Å². The van der Waals surface area contributed by atoms with Crippen molar-refractivity contribution in [1.82, 2.24) is 5.32 Å². The maximum Gasteiger partial charge on any atom is 0.263 e. The maximum atomic E-state index is 12.4. The summed E-state index contributed by atoms with van der Waals surface area (Å²) in [7, 11) is 1.95. The molecule has 4 aliphatic rings. The summed E-state index contributed by atoms with van der Waals surface area (Å²) in [5, 5.41) is 3.83. The van der Waals surface area contributed by atoms with E-state index in [0.29, 0.717) is 17.3 Å².